The second-order valence-electron chi connectivity index (χ2n) is 4.03. The Kier molecular flexibility index (Phi) is 2.80. The van der Waals surface area contributed by atoms with Gasteiger partial charge in [0.15, 0.2) is 11.6 Å². The molecular formula is C13H10ClFN2O. The van der Waals surface area contributed by atoms with Gasteiger partial charge in [0.1, 0.15) is 12.4 Å². The summed E-state index contributed by atoms with van der Waals surface area (Å²) < 4.78 is 19.1. The number of fused-ring (bicyclic) bond motifs is 1. The summed E-state index contributed by atoms with van der Waals surface area (Å²) in [6, 6.07) is 8.81. The number of ether oxygens (including phenoxy) is 1. The summed E-state index contributed by atoms with van der Waals surface area (Å²) in [5, 5.41) is 3.30. The van der Waals surface area contributed by atoms with Crippen LogP contribution in [0.25, 0.3) is 0 Å². The minimum absolute atomic E-state index is 0.0932. The van der Waals surface area contributed by atoms with Crippen molar-refractivity contribution in [3.63, 3.8) is 0 Å². The monoisotopic (exact) mass is 264 g/mol. The van der Waals surface area contributed by atoms with E-state index in [0.717, 1.165) is 11.3 Å². The molecule has 0 bridgehead atoms. The third-order valence-electron chi connectivity index (χ3n) is 2.82. The first-order valence-corrected chi connectivity index (χ1v) is 5.91. The molecule has 1 atom stereocenters. The van der Waals surface area contributed by atoms with Gasteiger partial charge < -0.3 is 10.1 Å². The highest BCUT2D eigenvalue weighted by molar-refractivity contribution is 6.30. The van der Waals surface area contributed by atoms with Crippen LogP contribution in [0.4, 0.5) is 10.2 Å². The number of benzene rings is 1. The van der Waals surface area contributed by atoms with E-state index in [1.807, 2.05) is 24.3 Å². The van der Waals surface area contributed by atoms with Gasteiger partial charge in [0.05, 0.1) is 11.1 Å². The Hall–Kier alpha value is -1.81. The van der Waals surface area contributed by atoms with Gasteiger partial charge in [-0.25, -0.2) is 9.37 Å². The number of hydrogen-bond donors (Lipinski definition) is 1. The summed E-state index contributed by atoms with van der Waals surface area (Å²) >= 11 is 5.66. The van der Waals surface area contributed by atoms with Gasteiger partial charge in [0.25, 0.3) is 0 Å². The predicted octanol–water partition coefficient (Wildman–Crippen LogP) is 3.42. The van der Waals surface area contributed by atoms with Crippen LogP contribution in [0.2, 0.25) is 5.02 Å². The van der Waals surface area contributed by atoms with Crippen molar-refractivity contribution in [1.82, 2.24) is 4.98 Å². The van der Waals surface area contributed by atoms with Crippen LogP contribution in [0.15, 0.2) is 36.5 Å². The molecule has 18 heavy (non-hydrogen) atoms. The third-order valence-corrected chi connectivity index (χ3v) is 3.03. The normalized spacial score (nSPS) is 17.1. The summed E-state index contributed by atoms with van der Waals surface area (Å²) in [4.78, 5) is 3.94. The van der Waals surface area contributed by atoms with Gasteiger partial charge in [-0.3, -0.25) is 0 Å². The van der Waals surface area contributed by atoms with Crippen molar-refractivity contribution in [2.45, 2.75) is 6.04 Å². The van der Waals surface area contributed by atoms with Crippen LogP contribution >= 0.6 is 11.6 Å². The fraction of sp³-hybridized carbons (Fsp3) is 0.154. The Morgan fingerprint density at radius 1 is 1.39 bits per heavy atom. The lowest BCUT2D eigenvalue weighted by molar-refractivity contribution is 0.339. The van der Waals surface area contributed by atoms with E-state index in [1.165, 1.54) is 12.3 Å². The molecule has 1 N–H and O–H groups in total. The van der Waals surface area contributed by atoms with Gasteiger partial charge in [0, 0.05) is 11.8 Å². The molecule has 1 aliphatic rings. The quantitative estimate of drug-likeness (QED) is 0.902. The van der Waals surface area contributed by atoms with Crippen molar-refractivity contribution in [3.8, 4) is 5.75 Å². The number of halogens is 2. The van der Waals surface area contributed by atoms with Crippen molar-refractivity contribution in [2.75, 3.05) is 11.9 Å². The van der Waals surface area contributed by atoms with Gasteiger partial charge in [-0.2, -0.15) is 0 Å². The summed E-state index contributed by atoms with van der Waals surface area (Å²) in [5.41, 5.74) is 1.01. The van der Waals surface area contributed by atoms with E-state index in [0.29, 0.717) is 6.61 Å². The minimum atomic E-state index is -0.466. The smallest absolute Gasteiger partial charge is 0.166 e. The number of anilines is 1. The highest BCUT2D eigenvalue weighted by Crippen LogP contribution is 2.34. The topological polar surface area (TPSA) is 34.2 Å². The molecule has 3 nitrogen and oxygen atoms in total. The molecule has 1 aromatic carbocycles. The zero-order valence-electron chi connectivity index (χ0n) is 9.36. The second-order valence-corrected chi connectivity index (χ2v) is 4.47. The van der Waals surface area contributed by atoms with Crippen LogP contribution < -0.4 is 10.1 Å². The molecule has 2 aromatic rings. The Morgan fingerprint density at radius 3 is 3.06 bits per heavy atom. The van der Waals surface area contributed by atoms with Gasteiger partial charge >= 0.3 is 0 Å². The third kappa shape index (κ3) is 1.99. The summed E-state index contributed by atoms with van der Waals surface area (Å²) in [7, 11) is 0. The first-order chi connectivity index (χ1) is 8.74. The lowest BCUT2D eigenvalue weighted by Gasteiger charge is -2.12. The number of rotatable bonds is 2. The Morgan fingerprint density at radius 2 is 2.22 bits per heavy atom. The second kappa shape index (κ2) is 4.46. The number of nitrogens with zero attached hydrogens (tertiary/aromatic N) is 1. The molecule has 92 valence electrons. The lowest BCUT2D eigenvalue weighted by Crippen LogP contribution is -2.14. The summed E-state index contributed by atoms with van der Waals surface area (Å²) in [5.74, 6) is 0.543. The van der Waals surface area contributed by atoms with Crippen molar-refractivity contribution < 1.29 is 9.13 Å². The van der Waals surface area contributed by atoms with E-state index in [1.54, 1.807) is 0 Å². The van der Waals surface area contributed by atoms with E-state index in [4.69, 9.17) is 16.3 Å². The fourth-order valence-electron chi connectivity index (χ4n) is 1.97. The van der Waals surface area contributed by atoms with Gasteiger partial charge in [-0.05, 0) is 12.1 Å². The molecule has 0 saturated carbocycles. The number of aromatic nitrogens is 1. The molecule has 0 aliphatic carbocycles. The molecule has 2 heterocycles. The van der Waals surface area contributed by atoms with Crippen molar-refractivity contribution in [1.29, 1.82) is 0 Å². The summed E-state index contributed by atoms with van der Waals surface area (Å²) in [6.45, 7) is 0.461. The van der Waals surface area contributed by atoms with Crippen molar-refractivity contribution in [2.24, 2.45) is 0 Å². The molecule has 0 amide bonds. The Balaban J connectivity index is 1.86. The molecule has 0 saturated heterocycles. The predicted molar refractivity (Wildman–Crippen MR) is 67.5 cm³/mol. The van der Waals surface area contributed by atoms with E-state index < -0.39 is 5.82 Å². The Labute approximate surface area is 109 Å². The van der Waals surface area contributed by atoms with E-state index in [-0.39, 0.29) is 16.9 Å². The molecule has 0 spiro atoms. The zero-order chi connectivity index (χ0) is 12.5. The maximum absolute atomic E-state index is 13.6. The van der Waals surface area contributed by atoms with Gasteiger partial charge in [-0.15, -0.1) is 0 Å². The van der Waals surface area contributed by atoms with Crippen LogP contribution in [0.1, 0.15) is 11.6 Å². The van der Waals surface area contributed by atoms with E-state index >= 15 is 0 Å². The fourth-order valence-corrected chi connectivity index (χ4v) is 2.11. The molecule has 0 fully saturated rings. The number of pyridine rings is 1. The molecule has 5 heteroatoms. The molecular weight excluding hydrogens is 255 g/mol. The number of hydrogen-bond acceptors (Lipinski definition) is 3. The van der Waals surface area contributed by atoms with E-state index in [2.05, 4.69) is 10.3 Å². The SMILES string of the molecule is Fc1cc(Cl)cnc1NC1COc2ccccc21. The van der Waals surface area contributed by atoms with Crippen LogP contribution in [-0.2, 0) is 0 Å². The average Bonchev–Trinajstić information content (AvgIpc) is 2.76. The first kappa shape index (κ1) is 11.3. The van der Waals surface area contributed by atoms with Gasteiger partial charge in [-0.1, -0.05) is 29.8 Å². The molecule has 3 rings (SSSR count). The molecule has 1 aromatic heterocycles. The van der Waals surface area contributed by atoms with Crippen LogP contribution in [-0.4, -0.2) is 11.6 Å². The first-order valence-electron chi connectivity index (χ1n) is 5.53. The van der Waals surface area contributed by atoms with Crippen molar-refractivity contribution in [3.05, 3.63) is 52.9 Å². The largest absolute Gasteiger partial charge is 0.491 e. The molecule has 0 radical (unpaired) electrons. The number of nitrogens with one attached hydrogen (secondary N) is 1. The van der Waals surface area contributed by atoms with Gasteiger partial charge in [0.2, 0.25) is 0 Å². The summed E-state index contributed by atoms with van der Waals surface area (Å²) in [6.07, 6.45) is 1.41. The maximum Gasteiger partial charge on any atom is 0.166 e. The average molecular weight is 265 g/mol. The highest BCUT2D eigenvalue weighted by Gasteiger charge is 2.24. The number of para-hydroxylation sites is 1. The Bertz CT molecular complexity index is 591. The van der Waals surface area contributed by atoms with Crippen molar-refractivity contribution >= 4 is 17.4 Å². The van der Waals surface area contributed by atoms with Crippen LogP contribution in [0.3, 0.4) is 0 Å². The lowest BCUT2D eigenvalue weighted by atomic mass is 10.1. The zero-order valence-corrected chi connectivity index (χ0v) is 10.1. The molecule has 1 unspecified atom stereocenters. The molecule has 1 aliphatic heterocycles. The maximum atomic E-state index is 13.6. The van der Waals surface area contributed by atoms with E-state index in [9.17, 15) is 4.39 Å². The standard InChI is InChI=1S/C13H10ClFN2O/c14-8-5-10(15)13(16-6-8)17-11-7-18-12-4-2-1-3-9(11)12/h1-6,11H,7H2,(H,16,17). The highest BCUT2D eigenvalue weighted by atomic mass is 35.5. The van der Waals surface area contributed by atoms with Crippen LogP contribution in [0, 0.1) is 5.82 Å². The minimum Gasteiger partial charge on any atom is -0.491 e. The van der Waals surface area contributed by atoms with Crippen LogP contribution in [0.5, 0.6) is 5.75 Å².